The first-order chi connectivity index (χ1) is 12.0. The molecule has 8 heteroatoms. The quantitative estimate of drug-likeness (QED) is 0.353. The summed E-state index contributed by atoms with van der Waals surface area (Å²) >= 11 is 1.75. The van der Waals surface area contributed by atoms with E-state index in [1.807, 2.05) is 26.2 Å². The molecule has 0 spiro atoms. The van der Waals surface area contributed by atoms with Crippen molar-refractivity contribution in [3.8, 4) is 0 Å². The topological polar surface area (TPSA) is 83.6 Å². The molecule has 0 atom stereocenters. The predicted octanol–water partition coefficient (Wildman–Crippen LogP) is 2.77. The van der Waals surface area contributed by atoms with Crippen LogP contribution in [0.1, 0.15) is 37.2 Å². The smallest absolute Gasteiger partial charge is 0.274 e. The van der Waals surface area contributed by atoms with E-state index >= 15 is 0 Å². The molecule has 1 aliphatic carbocycles. The molecule has 2 rings (SSSR count). The monoisotopic (exact) mass is 368 g/mol. The summed E-state index contributed by atoms with van der Waals surface area (Å²) in [5.41, 5.74) is 0. The van der Waals surface area contributed by atoms with E-state index in [-0.39, 0.29) is 0 Å². The highest BCUT2D eigenvalue weighted by Gasteiger charge is 2.16. The third-order valence-electron chi connectivity index (χ3n) is 3.94. The van der Waals surface area contributed by atoms with Crippen molar-refractivity contribution in [3.63, 3.8) is 0 Å². The fourth-order valence-electron chi connectivity index (χ4n) is 2.86. The van der Waals surface area contributed by atoms with Crippen LogP contribution in [0, 0.1) is 10.1 Å². The summed E-state index contributed by atoms with van der Waals surface area (Å²) in [6, 6.07) is 4.38. The number of nitrogens with one attached hydrogen (secondary N) is 2. The van der Waals surface area contributed by atoms with Crippen molar-refractivity contribution >= 4 is 11.8 Å². The van der Waals surface area contributed by atoms with Gasteiger partial charge in [0.2, 0.25) is 0 Å². The molecule has 0 amide bonds. The maximum absolute atomic E-state index is 10.8. The number of rotatable bonds is 11. The zero-order valence-corrected chi connectivity index (χ0v) is 15.8. The van der Waals surface area contributed by atoms with E-state index in [0.29, 0.717) is 18.4 Å². The third-order valence-corrected chi connectivity index (χ3v) is 4.93. The van der Waals surface area contributed by atoms with Crippen LogP contribution in [0.25, 0.3) is 0 Å². The Morgan fingerprint density at radius 3 is 2.80 bits per heavy atom. The lowest BCUT2D eigenvalue weighted by atomic mass is 10.2. The Morgan fingerprint density at radius 2 is 2.12 bits per heavy atom. The molecule has 2 N–H and O–H groups in total. The molecule has 0 unspecified atom stereocenters. The zero-order chi connectivity index (χ0) is 18.1. The molecule has 1 heterocycles. The summed E-state index contributed by atoms with van der Waals surface area (Å²) in [5, 5.41) is 17.2. The molecule has 1 fully saturated rings. The van der Waals surface area contributed by atoms with E-state index in [4.69, 9.17) is 4.42 Å². The number of thioether (sulfide) groups is 1. The molecule has 140 valence electrons. The lowest BCUT2D eigenvalue weighted by Gasteiger charge is -2.16. The van der Waals surface area contributed by atoms with E-state index < -0.39 is 4.92 Å². The molecular weight excluding hydrogens is 340 g/mol. The van der Waals surface area contributed by atoms with Crippen molar-refractivity contribution in [2.75, 3.05) is 26.4 Å². The number of hydrogen-bond donors (Lipinski definition) is 2. The maximum Gasteiger partial charge on any atom is 0.274 e. The summed E-state index contributed by atoms with van der Waals surface area (Å²) in [4.78, 5) is 12.4. The van der Waals surface area contributed by atoms with Crippen LogP contribution in [-0.2, 0) is 12.3 Å². The summed E-state index contributed by atoms with van der Waals surface area (Å²) in [7, 11) is 4.02. The van der Waals surface area contributed by atoms with Crippen LogP contribution in [-0.4, -0.2) is 42.3 Å². The van der Waals surface area contributed by atoms with Gasteiger partial charge in [0.15, 0.2) is 5.82 Å². The number of hydrogen-bond acceptors (Lipinski definition) is 7. The highest BCUT2D eigenvalue weighted by atomic mass is 32.2. The lowest BCUT2D eigenvalue weighted by molar-refractivity contribution is -0.404. The summed E-state index contributed by atoms with van der Waals surface area (Å²) in [5.74, 6) is 4.11. The Bertz CT molecular complexity index is 568. The second kappa shape index (κ2) is 10.4. The Hall–Kier alpha value is -1.67. The van der Waals surface area contributed by atoms with Crippen molar-refractivity contribution in [1.82, 2.24) is 15.5 Å². The van der Waals surface area contributed by atoms with Crippen molar-refractivity contribution in [1.29, 1.82) is 0 Å². The number of nitrogens with zero attached hydrogens (tertiary/aromatic N) is 2. The molecule has 1 aromatic heterocycles. The molecule has 0 saturated heterocycles. The largest absolute Gasteiger partial charge is 0.464 e. The van der Waals surface area contributed by atoms with Gasteiger partial charge in [-0.05, 0) is 39.1 Å². The summed E-state index contributed by atoms with van der Waals surface area (Å²) in [6.07, 6.45) is 5.58. The van der Waals surface area contributed by atoms with Gasteiger partial charge in [-0.3, -0.25) is 10.1 Å². The number of furan rings is 1. The van der Waals surface area contributed by atoms with Gasteiger partial charge in [0, 0.05) is 18.3 Å². The van der Waals surface area contributed by atoms with Gasteiger partial charge in [-0.2, -0.15) is 11.8 Å². The van der Waals surface area contributed by atoms with Crippen LogP contribution in [0.3, 0.4) is 0 Å². The van der Waals surface area contributed by atoms with Gasteiger partial charge in [0.1, 0.15) is 11.5 Å². The van der Waals surface area contributed by atoms with E-state index in [2.05, 4.69) is 15.5 Å². The standard InChI is InChI=1S/C17H28N4O3S/c1-20(2)11-15-7-8-16(24-15)13-25-10-9-18-17(12-21(22)23)19-14-5-3-4-6-14/h7-8,12,14,18-19H,3-6,9-11,13H2,1-2H3/b17-12-. The van der Waals surface area contributed by atoms with Crippen LogP contribution in [0.2, 0.25) is 0 Å². The maximum atomic E-state index is 10.8. The van der Waals surface area contributed by atoms with Gasteiger partial charge in [-0.25, -0.2) is 0 Å². The van der Waals surface area contributed by atoms with Gasteiger partial charge >= 0.3 is 0 Å². The van der Waals surface area contributed by atoms with E-state index in [9.17, 15) is 10.1 Å². The van der Waals surface area contributed by atoms with E-state index in [1.54, 1.807) is 11.8 Å². The highest BCUT2D eigenvalue weighted by molar-refractivity contribution is 7.98. The Kier molecular flexibility index (Phi) is 8.14. The molecule has 0 aliphatic heterocycles. The van der Waals surface area contributed by atoms with Gasteiger partial charge in [0.05, 0.1) is 17.2 Å². The van der Waals surface area contributed by atoms with Crippen LogP contribution in [0.5, 0.6) is 0 Å². The van der Waals surface area contributed by atoms with E-state index in [1.165, 1.54) is 12.8 Å². The van der Waals surface area contributed by atoms with Crippen molar-refractivity contribution in [2.45, 2.75) is 44.0 Å². The van der Waals surface area contributed by atoms with Crippen molar-refractivity contribution in [2.24, 2.45) is 0 Å². The zero-order valence-electron chi connectivity index (χ0n) is 15.0. The normalized spacial score (nSPS) is 15.7. The van der Waals surface area contributed by atoms with Crippen molar-refractivity contribution < 1.29 is 9.34 Å². The van der Waals surface area contributed by atoms with Crippen LogP contribution in [0.15, 0.2) is 28.6 Å². The first kappa shape index (κ1) is 19.7. The molecular formula is C17H28N4O3S. The second-order valence-electron chi connectivity index (χ2n) is 6.54. The minimum atomic E-state index is -0.410. The van der Waals surface area contributed by atoms with Crippen LogP contribution in [0.4, 0.5) is 0 Å². The van der Waals surface area contributed by atoms with Gasteiger partial charge < -0.3 is 20.0 Å². The van der Waals surface area contributed by atoms with Gasteiger partial charge in [-0.1, -0.05) is 12.8 Å². The van der Waals surface area contributed by atoms with Gasteiger partial charge in [0.25, 0.3) is 6.20 Å². The predicted molar refractivity (Wildman–Crippen MR) is 101 cm³/mol. The molecule has 0 radical (unpaired) electrons. The minimum Gasteiger partial charge on any atom is -0.464 e. The molecule has 1 saturated carbocycles. The van der Waals surface area contributed by atoms with E-state index in [0.717, 1.165) is 48.6 Å². The first-order valence-corrected chi connectivity index (χ1v) is 9.84. The van der Waals surface area contributed by atoms with Crippen molar-refractivity contribution in [3.05, 3.63) is 45.8 Å². The fraction of sp³-hybridized carbons (Fsp3) is 0.647. The Balaban J connectivity index is 1.67. The molecule has 7 nitrogen and oxygen atoms in total. The Labute approximate surface area is 153 Å². The molecule has 0 aromatic carbocycles. The molecule has 1 aliphatic rings. The summed E-state index contributed by atoms with van der Waals surface area (Å²) < 4.78 is 5.77. The van der Waals surface area contributed by atoms with Crippen LogP contribution < -0.4 is 10.6 Å². The number of nitro groups is 1. The molecule has 1 aromatic rings. The molecule has 0 bridgehead atoms. The fourth-order valence-corrected chi connectivity index (χ4v) is 3.60. The molecule has 25 heavy (non-hydrogen) atoms. The van der Waals surface area contributed by atoms with Crippen LogP contribution >= 0.6 is 11.8 Å². The minimum absolute atomic E-state index is 0.351. The van der Waals surface area contributed by atoms with Gasteiger partial charge in [-0.15, -0.1) is 0 Å². The average molecular weight is 369 g/mol. The highest BCUT2D eigenvalue weighted by Crippen LogP contribution is 2.18. The SMILES string of the molecule is CN(C)Cc1ccc(CSCCN/C(=C/[N+](=O)[O-])NC2CCCC2)o1. The lowest BCUT2D eigenvalue weighted by Crippen LogP contribution is -2.34. The summed E-state index contributed by atoms with van der Waals surface area (Å²) in [6.45, 7) is 1.48. The average Bonchev–Trinajstić information content (AvgIpc) is 3.17. The third kappa shape index (κ3) is 7.83. The second-order valence-corrected chi connectivity index (χ2v) is 7.64. The first-order valence-electron chi connectivity index (χ1n) is 8.68. The Morgan fingerprint density at radius 1 is 1.40 bits per heavy atom.